The van der Waals surface area contributed by atoms with E-state index in [4.69, 9.17) is 4.74 Å². The van der Waals surface area contributed by atoms with Gasteiger partial charge in [-0.15, -0.1) is 0 Å². The molecule has 0 aliphatic heterocycles. The van der Waals surface area contributed by atoms with E-state index in [9.17, 15) is 4.79 Å². The lowest BCUT2D eigenvalue weighted by Gasteiger charge is -2.22. The van der Waals surface area contributed by atoms with Gasteiger partial charge in [0.05, 0.1) is 0 Å². The molecular weight excluding hydrogens is 238 g/mol. The van der Waals surface area contributed by atoms with Crippen LogP contribution in [-0.4, -0.2) is 24.2 Å². The molecule has 1 aromatic carbocycles. The number of hydrogen-bond acceptors (Lipinski definition) is 3. The number of aryl methyl sites for hydroxylation is 1. The van der Waals surface area contributed by atoms with E-state index < -0.39 is 5.60 Å². The molecule has 0 aliphatic carbocycles. The monoisotopic (exact) mass is 263 g/mol. The van der Waals surface area contributed by atoms with Gasteiger partial charge in [0.1, 0.15) is 11.6 Å². The summed E-state index contributed by atoms with van der Waals surface area (Å²) in [5.41, 5.74) is 2.12. The standard InChI is InChI=1S/C16H25NO2/c1-12-7-6-8-14(11-12)9-10-17-13(2)15(18)19-16(3,4)5/h6-8,11,13,17H,9-10H2,1-5H3. The lowest BCUT2D eigenvalue weighted by atomic mass is 10.1. The minimum atomic E-state index is -0.427. The van der Waals surface area contributed by atoms with Gasteiger partial charge in [-0.1, -0.05) is 29.8 Å². The van der Waals surface area contributed by atoms with E-state index in [2.05, 4.69) is 36.5 Å². The minimum Gasteiger partial charge on any atom is -0.459 e. The number of esters is 1. The fourth-order valence-electron chi connectivity index (χ4n) is 1.77. The number of hydrogen-bond donors (Lipinski definition) is 1. The van der Waals surface area contributed by atoms with Crippen LogP contribution in [0.4, 0.5) is 0 Å². The molecule has 0 radical (unpaired) electrons. The lowest BCUT2D eigenvalue weighted by Crippen LogP contribution is -2.40. The van der Waals surface area contributed by atoms with Crippen molar-refractivity contribution in [2.45, 2.75) is 52.7 Å². The van der Waals surface area contributed by atoms with Crippen molar-refractivity contribution in [2.24, 2.45) is 0 Å². The van der Waals surface area contributed by atoms with Crippen LogP contribution in [0.25, 0.3) is 0 Å². The van der Waals surface area contributed by atoms with Crippen molar-refractivity contribution in [1.29, 1.82) is 0 Å². The fraction of sp³-hybridized carbons (Fsp3) is 0.562. The van der Waals surface area contributed by atoms with E-state index in [-0.39, 0.29) is 12.0 Å². The summed E-state index contributed by atoms with van der Waals surface area (Å²) in [6.07, 6.45) is 0.912. The number of benzene rings is 1. The Hall–Kier alpha value is -1.35. The zero-order chi connectivity index (χ0) is 14.5. The predicted octanol–water partition coefficient (Wildman–Crippen LogP) is 2.86. The highest BCUT2D eigenvalue weighted by Crippen LogP contribution is 2.08. The third kappa shape index (κ3) is 6.39. The summed E-state index contributed by atoms with van der Waals surface area (Å²) in [6.45, 7) is 10.3. The Balaban J connectivity index is 2.34. The fourth-order valence-corrected chi connectivity index (χ4v) is 1.77. The molecule has 0 aliphatic rings. The van der Waals surface area contributed by atoms with Crippen LogP contribution in [0, 0.1) is 6.92 Å². The third-order valence-corrected chi connectivity index (χ3v) is 2.71. The summed E-state index contributed by atoms with van der Waals surface area (Å²) < 4.78 is 5.32. The van der Waals surface area contributed by atoms with Crippen LogP contribution in [0.3, 0.4) is 0 Å². The minimum absolute atomic E-state index is 0.197. The maximum atomic E-state index is 11.8. The molecule has 0 saturated carbocycles. The second kappa shape index (κ2) is 6.71. The van der Waals surface area contributed by atoms with Crippen LogP contribution in [0.15, 0.2) is 24.3 Å². The molecule has 3 heteroatoms. The number of carbonyl (C=O) groups is 1. The largest absolute Gasteiger partial charge is 0.459 e. The van der Waals surface area contributed by atoms with Crippen LogP contribution < -0.4 is 5.32 Å². The van der Waals surface area contributed by atoms with Crippen LogP contribution in [0.5, 0.6) is 0 Å². The van der Waals surface area contributed by atoms with E-state index in [1.54, 1.807) is 0 Å². The quantitative estimate of drug-likeness (QED) is 0.830. The van der Waals surface area contributed by atoms with Crippen LogP contribution >= 0.6 is 0 Å². The summed E-state index contributed by atoms with van der Waals surface area (Å²) in [7, 11) is 0. The van der Waals surface area contributed by atoms with Crippen molar-refractivity contribution in [3.05, 3.63) is 35.4 Å². The molecule has 1 unspecified atom stereocenters. The van der Waals surface area contributed by atoms with Crippen LogP contribution in [0.1, 0.15) is 38.8 Å². The Kier molecular flexibility index (Phi) is 5.55. The van der Waals surface area contributed by atoms with Gasteiger partial charge in [-0.3, -0.25) is 4.79 Å². The zero-order valence-corrected chi connectivity index (χ0v) is 12.6. The van der Waals surface area contributed by atoms with E-state index in [0.717, 1.165) is 13.0 Å². The Morgan fingerprint density at radius 3 is 2.63 bits per heavy atom. The second-order valence-corrected chi connectivity index (χ2v) is 5.95. The summed E-state index contributed by atoms with van der Waals surface area (Å²) in [5, 5.41) is 3.20. The van der Waals surface area contributed by atoms with Crippen LogP contribution in [0.2, 0.25) is 0 Å². The molecule has 0 amide bonds. The summed E-state index contributed by atoms with van der Waals surface area (Å²) >= 11 is 0. The molecule has 0 fully saturated rings. The summed E-state index contributed by atoms with van der Waals surface area (Å²) in [4.78, 5) is 11.8. The summed E-state index contributed by atoms with van der Waals surface area (Å²) in [5.74, 6) is -0.197. The normalized spacial score (nSPS) is 13.1. The van der Waals surface area contributed by atoms with Gasteiger partial charge in [-0.05, 0) is 53.1 Å². The average Bonchev–Trinajstić information content (AvgIpc) is 2.26. The van der Waals surface area contributed by atoms with Gasteiger partial charge in [0.15, 0.2) is 0 Å². The third-order valence-electron chi connectivity index (χ3n) is 2.71. The van der Waals surface area contributed by atoms with Crippen molar-refractivity contribution in [1.82, 2.24) is 5.32 Å². The van der Waals surface area contributed by atoms with Crippen LogP contribution in [-0.2, 0) is 16.0 Å². The SMILES string of the molecule is Cc1cccc(CCNC(C)C(=O)OC(C)(C)C)c1. The summed E-state index contributed by atoms with van der Waals surface area (Å²) in [6, 6.07) is 8.14. The Morgan fingerprint density at radius 2 is 2.05 bits per heavy atom. The number of rotatable bonds is 5. The first-order chi connectivity index (χ1) is 8.78. The first-order valence-electron chi connectivity index (χ1n) is 6.80. The van der Waals surface area contributed by atoms with E-state index >= 15 is 0 Å². The maximum Gasteiger partial charge on any atom is 0.323 e. The highest BCUT2D eigenvalue weighted by Gasteiger charge is 2.20. The maximum absolute atomic E-state index is 11.8. The number of ether oxygens (including phenoxy) is 1. The molecule has 1 aromatic rings. The molecule has 0 aromatic heterocycles. The molecule has 0 spiro atoms. The zero-order valence-electron chi connectivity index (χ0n) is 12.6. The Bertz CT molecular complexity index is 421. The van der Waals surface area contributed by atoms with E-state index in [1.807, 2.05) is 27.7 Å². The molecule has 1 atom stereocenters. The molecule has 1 rings (SSSR count). The Labute approximate surface area is 116 Å². The first-order valence-corrected chi connectivity index (χ1v) is 6.80. The van der Waals surface area contributed by atoms with Crippen molar-refractivity contribution in [2.75, 3.05) is 6.54 Å². The molecular formula is C16H25NO2. The van der Waals surface area contributed by atoms with Gasteiger partial charge in [-0.25, -0.2) is 0 Å². The molecule has 0 bridgehead atoms. The topological polar surface area (TPSA) is 38.3 Å². The number of carbonyl (C=O) groups excluding carboxylic acids is 1. The van der Waals surface area contributed by atoms with Crippen molar-refractivity contribution in [3.8, 4) is 0 Å². The predicted molar refractivity (Wildman–Crippen MR) is 78.2 cm³/mol. The number of nitrogens with one attached hydrogen (secondary N) is 1. The van der Waals surface area contributed by atoms with E-state index in [1.165, 1.54) is 11.1 Å². The molecule has 0 saturated heterocycles. The van der Waals surface area contributed by atoms with Gasteiger partial charge < -0.3 is 10.1 Å². The van der Waals surface area contributed by atoms with Gasteiger partial charge in [0, 0.05) is 0 Å². The first kappa shape index (κ1) is 15.7. The molecule has 106 valence electrons. The van der Waals surface area contributed by atoms with Crippen molar-refractivity contribution < 1.29 is 9.53 Å². The van der Waals surface area contributed by atoms with Crippen molar-refractivity contribution in [3.63, 3.8) is 0 Å². The van der Waals surface area contributed by atoms with Gasteiger partial charge in [-0.2, -0.15) is 0 Å². The van der Waals surface area contributed by atoms with Gasteiger partial charge >= 0.3 is 5.97 Å². The highest BCUT2D eigenvalue weighted by atomic mass is 16.6. The lowest BCUT2D eigenvalue weighted by molar-refractivity contribution is -0.156. The molecule has 3 nitrogen and oxygen atoms in total. The van der Waals surface area contributed by atoms with Gasteiger partial charge in [0.25, 0.3) is 0 Å². The van der Waals surface area contributed by atoms with E-state index in [0.29, 0.717) is 0 Å². The van der Waals surface area contributed by atoms with Crippen molar-refractivity contribution >= 4 is 5.97 Å². The molecule has 0 heterocycles. The second-order valence-electron chi connectivity index (χ2n) is 5.95. The smallest absolute Gasteiger partial charge is 0.323 e. The Morgan fingerprint density at radius 1 is 1.37 bits per heavy atom. The average molecular weight is 263 g/mol. The van der Waals surface area contributed by atoms with Gasteiger partial charge in [0.2, 0.25) is 0 Å². The molecule has 1 N–H and O–H groups in total. The molecule has 19 heavy (non-hydrogen) atoms. The highest BCUT2D eigenvalue weighted by molar-refractivity contribution is 5.75.